The molecule has 5 heteroatoms. The third kappa shape index (κ3) is 2.92. The van der Waals surface area contributed by atoms with Crippen molar-refractivity contribution in [1.29, 1.82) is 0 Å². The molecule has 1 fully saturated rings. The zero-order valence-electron chi connectivity index (χ0n) is 10.6. The predicted molar refractivity (Wildman–Crippen MR) is 66.7 cm³/mol. The summed E-state index contributed by atoms with van der Waals surface area (Å²) in [5.41, 5.74) is -0.897. The van der Waals surface area contributed by atoms with E-state index in [-0.39, 0.29) is 18.6 Å². The lowest BCUT2D eigenvalue weighted by molar-refractivity contribution is 0.0873. The van der Waals surface area contributed by atoms with Crippen LogP contribution in [0.5, 0.6) is 0 Å². The monoisotopic (exact) mass is 269 g/mol. The lowest BCUT2D eigenvalue weighted by Crippen LogP contribution is -2.38. The molecule has 0 unspecified atom stereocenters. The predicted octanol–water partition coefficient (Wildman–Crippen LogP) is 2.25. The molecule has 3 nitrogen and oxygen atoms in total. The Morgan fingerprint density at radius 2 is 1.84 bits per heavy atom. The molecular formula is C14H17F2NO2. The van der Waals surface area contributed by atoms with Gasteiger partial charge in [-0.3, -0.25) is 4.79 Å². The summed E-state index contributed by atoms with van der Waals surface area (Å²) in [5, 5.41) is 11.9. The van der Waals surface area contributed by atoms with Crippen LogP contribution in [0.15, 0.2) is 18.2 Å². The first-order valence-electron chi connectivity index (χ1n) is 6.41. The van der Waals surface area contributed by atoms with E-state index in [1.54, 1.807) is 0 Å². The summed E-state index contributed by atoms with van der Waals surface area (Å²) in [5.74, 6) is -2.51. The molecule has 104 valence electrons. The second kappa shape index (κ2) is 5.65. The average molecular weight is 269 g/mol. The van der Waals surface area contributed by atoms with Gasteiger partial charge in [0.25, 0.3) is 5.91 Å². The summed E-state index contributed by atoms with van der Waals surface area (Å²) in [6.45, 7) is 0.225. The molecule has 0 radical (unpaired) electrons. The van der Waals surface area contributed by atoms with Gasteiger partial charge in [0.1, 0.15) is 17.2 Å². The summed E-state index contributed by atoms with van der Waals surface area (Å²) in [4.78, 5) is 11.8. The van der Waals surface area contributed by atoms with Crippen LogP contribution in [0.2, 0.25) is 0 Å². The molecule has 0 spiro atoms. The standard InChI is InChI=1S/C14H17F2NO2/c15-10-4-3-5-11(16)12(10)13(19)17-8-14(9-18)6-1-2-7-14/h3-5,18H,1-2,6-9H2,(H,17,19). The smallest absolute Gasteiger partial charge is 0.257 e. The Hall–Kier alpha value is -1.49. The molecule has 1 amide bonds. The first-order valence-corrected chi connectivity index (χ1v) is 6.41. The maximum absolute atomic E-state index is 13.4. The van der Waals surface area contributed by atoms with Crippen LogP contribution in [0, 0.1) is 17.0 Å². The first-order chi connectivity index (χ1) is 9.08. The highest BCUT2D eigenvalue weighted by Gasteiger charge is 2.33. The fourth-order valence-electron chi connectivity index (χ4n) is 2.59. The van der Waals surface area contributed by atoms with E-state index in [0.717, 1.165) is 37.8 Å². The van der Waals surface area contributed by atoms with Crippen LogP contribution in [0.25, 0.3) is 0 Å². The fourth-order valence-corrected chi connectivity index (χ4v) is 2.59. The Morgan fingerprint density at radius 3 is 2.37 bits per heavy atom. The van der Waals surface area contributed by atoms with Crippen LogP contribution in [-0.2, 0) is 0 Å². The second-order valence-electron chi connectivity index (χ2n) is 5.14. The Morgan fingerprint density at radius 1 is 1.26 bits per heavy atom. The number of carbonyl (C=O) groups is 1. The molecule has 0 aromatic heterocycles. The molecule has 1 aliphatic carbocycles. The van der Waals surface area contributed by atoms with Crippen molar-refractivity contribution in [1.82, 2.24) is 5.32 Å². The average Bonchev–Trinajstić information content (AvgIpc) is 2.86. The second-order valence-corrected chi connectivity index (χ2v) is 5.14. The maximum Gasteiger partial charge on any atom is 0.257 e. The third-order valence-corrected chi connectivity index (χ3v) is 3.81. The number of aliphatic hydroxyl groups excluding tert-OH is 1. The Bertz CT molecular complexity index is 450. The lowest BCUT2D eigenvalue weighted by Gasteiger charge is -2.26. The Kier molecular flexibility index (Phi) is 4.14. The van der Waals surface area contributed by atoms with E-state index in [1.807, 2.05) is 0 Å². The largest absolute Gasteiger partial charge is 0.396 e. The number of carbonyl (C=O) groups excluding carboxylic acids is 1. The van der Waals surface area contributed by atoms with E-state index < -0.39 is 23.1 Å². The van der Waals surface area contributed by atoms with E-state index in [0.29, 0.717) is 0 Å². The van der Waals surface area contributed by atoms with Crippen LogP contribution in [0.3, 0.4) is 0 Å². The molecule has 0 bridgehead atoms. The molecule has 0 heterocycles. The number of halogens is 2. The van der Waals surface area contributed by atoms with Gasteiger partial charge in [-0.05, 0) is 25.0 Å². The maximum atomic E-state index is 13.4. The third-order valence-electron chi connectivity index (χ3n) is 3.81. The molecule has 1 aromatic rings. The van der Waals surface area contributed by atoms with Crippen LogP contribution >= 0.6 is 0 Å². The van der Waals surface area contributed by atoms with Gasteiger partial charge >= 0.3 is 0 Å². The summed E-state index contributed by atoms with van der Waals surface area (Å²) in [7, 11) is 0. The number of hydrogen-bond donors (Lipinski definition) is 2. The van der Waals surface area contributed by atoms with Crippen molar-refractivity contribution in [3.8, 4) is 0 Å². The molecule has 0 saturated heterocycles. The quantitative estimate of drug-likeness (QED) is 0.880. The van der Waals surface area contributed by atoms with Crippen molar-refractivity contribution in [2.75, 3.05) is 13.2 Å². The number of rotatable bonds is 4. The summed E-state index contributed by atoms with van der Waals surface area (Å²) in [6, 6.07) is 3.32. The highest BCUT2D eigenvalue weighted by Crippen LogP contribution is 2.36. The van der Waals surface area contributed by atoms with Crippen molar-refractivity contribution in [3.05, 3.63) is 35.4 Å². The van der Waals surface area contributed by atoms with Crippen LogP contribution in [0.1, 0.15) is 36.0 Å². The Balaban J connectivity index is 2.05. The zero-order chi connectivity index (χ0) is 13.9. The number of aliphatic hydroxyl groups is 1. The fraction of sp³-hybridized carbons (Fsp3) is 0.500. The van der Waals surface area contributed by atoms with Crippen molar-refractivity contribution in [2.45, 2.75) is 25.7 Å². The van der Waals surface area contributed by atoms with Crippen LogP contribution in [-0.4, -0.2) is 24.2 Å². The van der Waals surface area contributed by atoms with Gasteiger partial charge in [-0.25, -0.2) is 8.78 Å². The minimum atomic E-state index is -0.873. The topological polar surface area (TPSA) is 49.3 Å². The van der Waals surface area contributed by atoms with E-state index in [4.69, 9.17) is 0 Å². The highest BCUT2D eigenvalue weighted by atomic mass is 19.1. The van der Waals surface area contributed by atoms with Crippen LogP contribution < -0.4 is 5.32 Å². The zero-order valence-corrected chi connectivity index (χ0v) is 10.6. The summed E-state index contributed by atoms with van der Waals surface area (Å²) < 4.78 is 26.9. The van der Waals surface area contributed by atoms with Crippen molar-refractivity contribution < 1.29 is 18.7 Å². The van der Waals surface area contributed by atoms with Crippen molar-refractivity contribution in [2.24, 2.45) is 5.41 Å². The minimum absolute atomic E-state index is 0.0208. The SMILES string of the molecule is O=C(NCC1(CO)CCCC1)c1c(F)cccc1F. The van der Waals surface area contributed by atoms with Crippen molar-refractivity contribution in [3.63, 3.8) is 0 Å². The van der Waals surface area contributed by atoms with Gasteiger partial charge in [-0.15, -0.1) is 0 Å². The van der Waals surface area contributed by atoms with Gasteiger partial charge in [0.15, 0.2) is 0 Å². The molecule has 0 aliphatic heterocycles. The van der Waals surface area contributed by atoms with E-state index >= 15 is 0 Å². The molecule has 1 saturated carbocycles. The molecular weight excluding hydrogens is 252 g/mol. The molecule has 1 aliphatic rings. The number of benzene rings is 1. The summed E-state index contributed by atoms with van der Waals surface area (Å²) in [6.07, 6.45) is 3.65. The van der Waals surface area contributed by atoms with E-state index in [9.17, 15) is 18.7 Å². The van der Waals surface area contributed by atoms with Gasteiger partial charge in [0, 0.05) is 12.0 Å². The van der Waals surface area contributed by atoms with Gasteiger partial charge in [-0.1, -0.05) is 18.9 Å². The van der Waals surface area contributed by atoms with Gasteiger partial charge in [0.05, 0.1) is 6.61 Å². The lowest BCUT2D eigenvalue weighted by atomic mass is 9.87. The Labute approximate surface area is 110 Å². The number of nitrogens with one attached hydrogen (secondary N) is 1. The number of amides is 1. The van der Waals surface area contributed by atoms with Gasteiger partial charge < -0.3 is 10.4 Å². The normalized spacial score (nSPS) is 17.4. The molecule has 2 rings (SSSR count). The van der Waals surface area contributed by atoms with E-state index in [1.165, 1.54) is 6.07 Å². The molecule has 1 aromatic carbocycles. The van der Waals surface area contributed by atoms with Gasteiger partial charge in [0.2, 0.25) is 0 Å². The highest BCUT2D eigenvalue weighted by molar-refractivity contribution is 5.94. The number of hydrogen-bond acceptors (Lipinski definition) is 2. The van der Waals surface area contributed by atoms with Gasteiger partial charge in [-0.2, -0.15) is 0 Å². The summed E-state index contributed by atoms with van der Waals surface area (Å²) >= 11 is 0. The molecule has 19 heavy (non-hydrogen) atoms. The molecule has 0 atom stereocenters. The van der Waals surface area contributed by atoms with Crippen molar-refractivity contribution >= 4 is 5.91 Å². The first kappa shape index (κ1) is 13.9. The van der Waals surface area contributed by atoms with Crippen LogP contribution in [0.4, 0.5) is 8.78 Å². The minimum Gasteiger partial charge on any atom is -0.396 e. The van der Waals surface area contributed by atoms with E-state index in [2.05, 4.69) is 5.32 Å². The molecule has 2 N–H and O–H groups in total.